The van der Waals surface area contributed by atoms with Gasteiger partial charge in [-0.15, -0.1) is 0 Å². The second-order valence-electron chi connectivity index (χ2n) is 6.13. The first-order chi connectivity index (χ1) is 9.02. The highest BCUT2D eigenvalue weighted by Gasteiger charge is 2.36. The zero-order chi connectivity index (χ0) is 13.9. The minimum absolute atomic E-state index is 0.0576. The van der Waals surface area contributed by atoms with Crippen LogP contribution in [0.1, 0.15) is 51.4 Å². The molecule has 0 radical (unpaired) electrons. The third-order valence-corrected chi connectivity index (χ3v) is 4.47. The van der Waals surface area contributed by atoms with Gasteiger partial charge in [-0.25, -0.2) is 4.79 Å². The van der Waals surface area contributed by atoms with Crippen LogP contribution in [0.4, 0.5) is 4.79 Å². The third-order valence-electron chi connectivity index (χ3n) is 4.47. The number of hydrogen-bond acceptors (Lipinski definition) is 2. The minimum Gasteiger partial charge on any atom is -0.481 e. The van der Waals surface area contributed by atoms with E-state index in [1.54, 1.807) is 4.90 Å². The smallest absolute Gasteiger partial charge is 0.317 e. The van der Waals surface area contributed by atoms with Crippen molar-refractivity contribution in [3.8, 4) is 0 Å². The number of carbonyl (C=O) groups is 2. The predicted octanol–water partition coefficient (Wildman–Crippen LogP) is 2.22. The Morgan fingerprint density at radius 2 is 1.89 bits per heavy atom. The van der Waals surface area contributed by atoms with Crippen LogP contribution >= 0.6 is 0 Å². The first-order valence-corrected chi connectivity index (χ1v) is 7.25. The fourth-order valence-corrected chi connectivity index (χ4v) is 3.05. The number of urea groups is 1. The first-order valence-electron chi connectivity index (χ1n) is 7.25. The molecule has 2 aliphatic carbocycles. The van der Waals surface area contributed by atoms with Crippen LogP contribution in [0.5, 0.6) is 0 Å². The quantitative estimate of drug-likeness (QED) is 0.803. The summed E-state index contributed by atoms with van der Waals surface area (Å²) >= 11 is 0. The topological polar surface area (TPSA) is 69.6 Å². The molecule has 2 amide bonds. The molecule has 108 valence electrons. The molecule has 5 heteroatoms. The number of nitrogens with zero attached hydrogens (tertiary/aromatic N) is 1. The largest absolute Gasteiger partial charge is 0.481 e. The number of carboxylic acids is 1. The van der Waals surface area contributed by atoms with E-state index < -0.39 is 5.97 Å². The van der Waals surface area contributed by atoms with Gasteiger partial charge in [0.2, 0.25) is 0 Å². The van der Waals surface area contributed by atoms with Crippen molar-refractivity contribution in [2.45, 2.75) is 57.4 Å². The lowest BCUT2D eigenvalue weighted by atomic mass is 9.72. The number of nitrogens with one attached hydrogen (secondary N) is 1. The van der Waals surface area contributed by atoms with Gasteiger partial charge in [0.1, 0.15) is 0 Å². The van der Waals surface area contributed by atoms with Crippen LogP contribution in [0, 0.1) is 5.41 Å². The number of amides is 2. The predicted molar refractivity (Wildman–Crippen MR) is 72.0 cm³/mol. The maximum Gasteiger partial charge on any atom is 0.317 e. The van der Waals surface area contributed by atoms with Crippen LogP contribution in [-0.4, -0.2) is 41.6 Å². The molecule has 2 fully saturated rings. The molecule has 0 spiro atoms. The molecule has 2 aliphatic rings. The molecular formula is C14H24N2O3. The van der Waals surface area contributed by atoms with Gasteiger partial charge in [-0.2, -0.15) is 0 Å². The van der Waals surface area contributed by atoms with Crippen LogP contribution < -0.4 is 5.32 Å². The first kappa shape index (κ1) is 14.2. The van der Waals surface area contributed by atoms with Crippen molar-refractivity contribution in [3.63, 3.8) is 0 Å². The molecule has 0 aliphatic heterocycles. The minimum atomic E-state index is -0.758. The summed E-state index contributed by atoms with van der Waals surface area (Å²) in [5, 5.41) is 12.0. The van der Waals surface area contributed by atoms with Gasteiger partial charge in [0.25, 0.3) is 0 Å². The molecule has 0 bridgehead atoms. The standard InChI is InChI=1S/C14H24N2O3/c1-16(11-5-6-11)13(19)15-10-14(9-12(17)18)7-3-2-4-8-14/h11H,2-10H2,1H3,(H,15,19)(H,17,18). The van der Waals surface area contributed by atoms with Gasteiger partial charge in [0, 0.05) is 19.6 Å². The van der Waals surface area contributed by atoms with E-state index in [1.807, 2.05) is 7.05 Å². The van der Waals surface area contributed by atoms with Gasteiger partial charge in [-0.05, 0) is 31.1 Å². The molecule has 2 N–H and O–H groups in total. The van der Waals surface area contributed by atoms with Crippen LogP contribution in [0.25, 0.3) is 0 Å². The van der Waals surface area contributed by atoms with Gasteiger partial charge in [-0.3, -0.25) is 4.79 Å². The van der Waals surface area contributed by atoms with Crippen molar-refractivity contribution < 1.29 is 14.7 Å². The van der Waals surface area contributed by atoms with Gasteiger partial charge in [-0.1, -0.05) is 19.3 Å². The lowest BCUT2D eigenvalue weighted by molar-refractivity contribution is -0.140. The molecule has 2 rings (SSSR count). The number of rotatable bonds is 5. The number of carboxylic acid groups (broad SMARTS) is 1. The maximum atomic E-state index is 12.0. The van der Waals surface area contributed by atoms with Crippen molar-refractivity contribution in [3.05, 3.63) is 0 Å². The molecule has 0 aromatic rings. The zero-order valence-corrected chi connectivity index (χ0v) is 11.7. The summed E-state index contributed by atoms with van der Waals surface area (Å²) in [6.45, 7) is 0.495. The average Bonchev–Trinajstić information content (AvgIpc) is 3.19. The van der Waals surface area contributed by atoms with Crippen LogP contribution in [0.2, 0.25) is 0 Å². The normalized spacial score (nSPS) is 21.7. The Morgan fingerprint density at radius 1 is 1.26 bits per heavy atom. The van der Waals surface area contributed by atoms with Crippen LogP contribution in [0.3, 0.4) is 0 Å². The summed E-state index contributed by atoms with van der Waals surface area (Å²) in [6.07, 6.45) is 7.48. The Labute approximate surface area is 114 Å². The van der Waals surface area contributed by atoms with E-state index in [4.69, 9.17) is 5.11 Å². The lowest BCUT2D eigenvalue weighted by Crippen LogP contribution is -2.45. The van der Waals surface area contributed by atoms with Crippen molar-refractivity contribution in [1.82, 2.24) is 10.2 Å². The van der Waals surface area contributed by atoms with E-state index >= 15 is 0 Å². The Hall–Kier alpha value is -1.26. The molecule has 0 saturated heterocycles. The highest BCUT2D eigenvalue weighted by atomic mass is 16.4. The SMILES string of the molecule is CN(C(=O)NCC1(CC(=O)O)CCCCC1)C1CC1. The number of carbonyl (C=O) groups excluding carboxylic acids is 1. The van der Waals surface area contributed by atoms with Crippen molar-refractivity contribution >= 4 is 12.0 Å². The van der Waals surface area contributed by atoms with Crippen molar-refractivity contribution in [1.29, 1.82) is 0 Å². The molecule has 0 aromatic heterocycles. The van der Waals surface area contributed by atoms with E-state index in [-0.39, 0.29) is 17.9 Å². The van der Waals surface area contributed by atoms with Crippen LogP contribution in [0.15, 0.2) is 0 Å². The van der Waals surface area contributed by atoms with Gasteiger partial charge in [0.15, 0.2) is 0 Å². The fraction of sp³-hybridized carbons (Fsp3) is 0.857. The van der Waals surface area contributed by atoms with E-state index in [0.29, 0.717) is 12.6 Å². The van der Waals surface area contributed by atoms with Gasteiger partial charge in [0.05, 0.1) is 6.42 Å². The number of hydrogen-bond donors (Lipinski definition) is 2. The Kier molecular flexibility index (Phi) is 4.32. The van der Waals surface area contributed by atoms with Gasteiger partial charge < -0.3 is 15.3 Å². The maximum absolute atomic E-state index is 12.0. The highest BCUT2D eigenvalue weighted by molar-refractivity contribution is 5.75. The van der Waals surface area contributed by atoms with E-state index in [1.165, 1.54) is 6.42 Å². The molecular weight excluding hydrogens is 244 g/mol. The highest BCUT2D eigenvalue weighted by Crippen LogP contribution is 2.38. The molecule has 19 heavy (non-hydrogen) atoms. The van der Waals surface area contributed by atoms with E-state index in [9.17, 15) is 9.59 Å². The molecule has 0 aromatic carbocycles. The van der Waals surface area contributed by atoms with Crippen LogP contribution in [-0.2, 0) is 4.79 Å². The average molecular weight is 268 g/mol. The van der Waals surface area contributed by atoms with Gasteiger partial charge >= 0.3 is 12.0 Å². The molecule has 2 saturated carbocycles. The lowest BCUT2D eigenvalue weighted by Gasteiger charge is -2.36. The second-order valence-corrected chi connectivity index (χ2v) is 6.13. The Bertz CT molecular complexity index is 347. The third kappa shape index (κ3) is 3.85. The molecule has 0 unspecified atom stereocenters. The summed E-state index contributed by atoms with van der Waals surface area (Å²) in [5.41, 5.74) is -0.232. The monoisotopic (exact) mass is 268 g/mol. The zero-order valence-electron chi connectivity index (χ0n) is 11.7. The van der Waals surface area contributed by atoms with Crippen molar-refractivity contribution in [2.75, 3.05) is 13.6 Å². The summed E-state index contributed by atoms with van der Waals surface area (Å²) in [7, 11) is 1.82. The second kappa shape index (κ2) is 5.80. The fourth-order valence-electron chi connectivity index (χ4n) is 3.05. The van der Waals surface area contributed by atoms with E-state index in [2.05, 4.69) is 5.32 Å². The summed E-state index contributed by atoms with van der Waals surface area (Å²) in [4.78, 5) is 24.8. The summed E-state index contributed by atoms with van der Waals surface area (Å²) in [5.74, 6) is -0.758. The van der Waals surface area contributed by atoms with Crippen molar-refractivity contribution in [2.24, 2.45) is 5.41 Å². The molecule has 5 nitrogen and oxygen atoms in total. The molecule has 0 heterocycles. The Morgan fingerprint density at radius 3 is 2.42 bits per heavy atom. The number of aliphatic carboxylic acids is 1. The Balaban J connectivity index is 1.88. The summed E-state index contributed by atoms with van der Waals surface area (Å²) in [6, 6.07) is 0.333. The molecule has 0 atom stereocenters. The van der Waals surface area contributed by atoms with E-state index in [0.717, 1.165) is 38.5 Å². The summed E-state index contributed by atoms with van der Waals surface area (Å²) < 4.78 is 0.